The van der Waals surface area contributed by atoms with Crippen molar-refractivity contribution < 1.29 is 4.79 Å². The summed E-state index contributed by atoms with van der Waals surface area (Å²) in [6.07, 6.45) is 3.38. The summed E-state index contributed by atoms with van der Waals surface area (Å²) >= 11 is 13.6. The molecule has 5 heteroatoms. The highest BCUT2D eigenvalue weighted by atomic mass is 35.5. The van der Waals surface area contributed by atoms with E-state index in [-0.39, 0.29) is 5.91 Å². The Morgan fingerprint density at radius 2 is 1.88 bits per heavy atom. The van der Waals surface area contributed by atoms with Gasteiger partial charge in [-0.15, -0.1) is 0 Å². The minimum Gasteiger partial charge on any atom is -0.352 e. The third-order valence-electron chi connectivity index (χ3n) is 3.30. The molecule has 126 valence electrons. The fraction of sp³-hybridized carbons (Fsp3) is 0.211. The van der Waals surface area contributed by atoms with E-state index in [4.69, 9.17) is 23.2 Å². The van der Waals surface area contributed by atoms with Crippen LogP contribution in [-0.4, -0.2) is 18.2 Å². The van der Waals surface area contributed by atoms with Crippen molar-refractivity contribution in [1.82, 2.24) is 5.32 Å². The number of hydrogen-bond acceptors (Lipinski definition) is 2. The van der Waals surface area contributed by atoms with Crippen LogP contribution in [-0.2, 0) is 10.5 Å². The van der Waals surface area contributed by atoms with Crippen molar-refractivity contribution in [2.75, 3.05) is 12.3 Å². The molecule has 2 aromatic carbocycles. The molecule has 0 radical (unpaired) electrons. The first kappa shape index (κ1) is 18.9. The fourth-order valence-corrected chi connectivity index (χ4v) is 3.10. The smallest absolute Gasteiger partial charge is 0.244 e. The van der Waals surface area contributed by atoms with Gasteiger partial charge in [0.1, 0.15) is 0 Å². The van der Waals surface area contributed by atoms with Gasteiger partial charge in [0.2, 0.25) is 5.91 Å². The number of carbonyl (C=O) groups is 1. The van der Waals surface area contributed by atoms with Crippen molar-refractivity contribution in [2.24, 2.45) is 0 Å². The molecule has 0 saturated heterocycles. The van der Waals surface area contributed by atoms with E-state index in [0.29, 0.717) is 16.6 Å². The predicted octanol–water partition coefficient (Wildman–Crippen LogP) is 5.36. The second kappa shape index (κ2) is 9.77. The van der Waals surface area contributed by atoms with Crippen LogP contribution in [0.5, 0.6) is 0 Å². The largest absolute Gasteiger partial charge is 0.352 e. The molecule has 0 unspecified atom stereocenters. The Hall–Kier alpha value is -1.42. The molecule has 0 fully saturated rings. The minimum absolute atomic E-state index is 0.0780. The van der Waals surface area contributed by atoms with Crippen LogP contribution in [0.15, 0.2) is 48.5 Å². The van der Waals surface area contributed by atoms with Crippen molar-refractivity contribution in [2.45, 2.75) is 12.7 Å². The van der Waals surface area contributed by atoms with Crippen LogP contribution in [0.1, 0.15) is 16.7 Å². The van der Waals surface area contributed by atoms with E-state index < -0.39 is 0 Å². The molecule has 2 nitrogen and oxygen atoms in total. The molecular formula is C19H19Cl2NOS. The summed E-state index contributed by atoms with van der Waals surface area (Å²) < 4.78 is 0. The molecular weight excluding hydrogens is 361 g/mol. The van der Waals surface area contributed by atoms with Gasteiger partial charge in [0, 0.05) is 24.1 Å². The van der Waals surface area contributed by atoms with Gasteiger partial charge >= 0.3 is 0 Å². The first-order valence-electron chi connectivity index (χ1n) is 7.59. The lowest BCUT2D eigenvalue weighted by Crippen LogP contribution is -2.23. The van der Waals surface area contributed by atoms with Gasteiger partial charge < -0.3 is 5.32 Å². The molecule has 2 aromatic rings. The summed E-state index contributed by atoms with van der Waals surface area (Å²) in [6.45, 7) is 2.67. The third-order valence-corrected chi connectivity index (χ3v) is 5.07. The molecule has 1 amide bonds. The molecule has 0 heterocycles. The number of nitrogens with one attached hydrogen (secondary N) is 1. The Labute approximate surface area is 157 Å². The highest BCUT2D eigenvalue weighted by molar-refractivity contribution is 7.98. The van der Waals surface area contributed by atoms with E-state index in [1.807, 2.05) is 49.4 Å². The van der Waals surface area contributed by atoms with E-state index in [1.54, 1.807) is 23.9 Å². The van der Waals surface area contributed by atoms with Gasteiger partial charge in [-0.3, -0.25) is 4.79 Å². The Balaban J connectivity index is 1.65. The number of carbonyl (C=O) groups excluding carboxylic acids is 1. The first-order chi connectivity index (χ1) is 11.5. The lowest BCUT2D eigenvalue weighted by Gasteiger charge is -2.04. The quantitative estimate of drug-likeness (QED) is 0.517. The average Bonchev–Trinajstić information content (AvgIpc) is 2.57. The van der Waals surface area contributed by atoms with E-state index in [9.17, 15) is 4.79 Å². The number of benzene rings is 2. The van der Waals surface area contributed by atoms with Gasteiger partial charge in [0.25, 0.3) is 0 Å². The standard InChI is InChI=1S/C19H19Cl2NOS/c1-14-2-4-15(5-3-14)7-9-19(23)22-10-11-24-13-16-6-8-17(20)18(21)12-16/h2-9,12H,10-11,13H2,1H3,(H,22,23)/b9-7+. The summed E-state index contributed by atoms with van der Waals surface area (Å²) in [5, 5.41) is 4.02. The van der Waals surface area contributed by atoms with Crippen LogP contribution in [0, 0.1) is 6.92 Å². The van der Waals surface area contributed by atoms with Crippen molar-refractivity contribution in [3.8, 4) is 0 Å². The van der Waals surface area contributed by atoms with E-state index in [0.717, 1.165) is 22.6 Å². The maximum absolute atomic E-state index is 11.8. The van der Waals surface area contributed by atoms with Gasteiger partial charge in [0.05, 0.1) is 10.0 Å². The second-order valence-corrected chi connectivity index (χ2v) is 7.26. The zero-order valence-electron chi connectivity index (χ0n) is 13.4. The first-order valence-corrected chi connectivity index (χ1v) is 9.50. The molecule has 0 aliphatic heterocycles. The summed E-state index contributed by atoms with van der Waals surface area (Å²) in [5.41, 5.74) is 3.35. The zero-order chi connectivity index (χ0) is 17.4. The van der Waals surface area contributed by atoms with Crippen LogP contribution >= 0.6 is 35.0 Å². The highest BCUT2D eigenvalue weighted by Gasteiger charge is 2.00. The summed E-state index contributed by atoms with van der Waals surface area (Å²) in [7, 11) is 0. The maximum Gasteiger partial charge on any atom is 0.244 e. The Bertz CT molecular complexity index is 714. The molecule has 0 atom stereocenters. The van der Waals surface area contributed by atoms with Crippen LogP contribution in [0.2, 0.25) is 10.0 Å². The van der Waals surface area contributed by atoms with Crippen molar-refractivity contribution >= 4 is 46.9 Å². The summed E-state index contributed by atoms with van der Waals surface area (Å²) in [4.78, 5) is 11.8. The Kier molecular flexibility index (Phi) is 7.70. The van der Waals surface area contributed by atoms with Gasteiger partial charge in [0.15, 0.2) is 0 Å². The van der Waals surface area contributed by atoms with Gasteiger partial charge in [-0.05, 0) is 36.3 Å². The normalized spacial score (nSPS) is 11.0. The van der Waals surface area contributed by atoms with Crippen molar-refractivity contribution in [3.63, 3.8) is 0 Å². The number of aryl methyl sites for hydroxylation is 1. The Morgan fingerprint density at radius 1 is 1.12 bits per heavy atom. The molecule has 0 spiro atoms. The van der Waals surface area contributed by atoms with Crippen molar-refractivity contribution in [1.29, 1.82) is 0 Å². The van der Waals surface area contributed by atoms with Crippen LogP contribution < -0.4 is 5.32 Å². The topological polar surface area (TPSA) is 29.1 Å². The summed E-state index contributed by atoms with van der Waals surface area (Å²) in [6, 6.07) is 13.7. The van der Waals surface area contributed by atoms with Crippen molar-refractivity contribution in [3.05, 3.63) is 75.3 Å². The molecule has 0 saturated carbocycles. The van der Waals surface area contributed by atoms with E-state index >= 15 is 0 Å². The maximum atomic E-state index is 11.8. The molecule has 24 heavy (non-hydrogen) atoms. The van der Waals surface area contributed by atoms with E-state index in [2.05, 4.69) is 5.32 Å². The third kappa shape index (κ3) is 6.60. The monoisotopic (exact) mass is 379 g/mol. The number of amides is 1. The van der Waals surface area contributed by atoms with Crippen LogP contribution in [0.25, 0.3) is 6.08 Å². The van der Waals surface area contributed by atoms with Gasteiger partial charge in [-0.25, -0.2) is 0 Å². The lowest BCUT2D eigenvalue weighted by molar-refractivity contribution is -0.116. The summed E-state index contributed by atoms with van der Waals surface area (Å²) in [5.74, 6) is 1.60. The Morgan fingerprint density at radius 3 is 2.58 bits per heavy atom. The molecule has 0 aliphatic carbocycles. The van der Waals surface area contributed by atoms with Crippen LogP contribution in [0.4, 0.5) is 0 Å². The average molecular weight is 380 g/mol. The SMILES string of the molecule is Cc1ccc(/C=C/C(=O)NCCSCc2ccc(Cl)c(Cl)c2)cc1. The number of thioether (sulfide) groups is 1. The zero-order valence-corrected chi connectivity index (χ0v) is 15.7. The molecule has 1 N–H and O–H groups in total. The number of rotatable bonds is 7. The highest BCUT2D eigenvalue weighted by Crippen LogP contribution is 2.24. The predicted molar refractivity (Wildman–Crippen MR) is 106 cm³/mol. The van der Waals surface area contributed by atoms with Crippen LogP contribution in [0.3, 0.4) is 0 Å². The molecule has 0 bridgehead atoms. The molecule has 2 rings (SSSR count). The lowest BCUT2D eigenvalue weighted by atomic mass is 10.1. The molecule has 0 aliphatic rings. The molecule has 0 aromatic heterocycles. The number of halogens is 2. The minimum atomic E-state index is -0.0780. The number of hydrogen-bond donors (Lipinski definition) is 1. The van der Waals surface area contributed by atoms with E-state index in [1.165, 1.54) is 5.56 Å². The van der Waals surface area contributed by atoms with Gasteiger partial charge in [-0.1, -0.05) is 59.1 Å². The van der Waals surface area contributed by atoms with Gasteiger partial charge in [-0.2, -0.15) is 11.8 Å². The fourth-order valence-electron chi connectivity index (χ4n) is 1.97. The second-order valence-electron chi connectivity index (χ2n) is 5.34.